The Labute approximate surface area is 265 Å². The SMILES string of the molecule is CCN(CC)c1ccc2c(c1)Oc1cc(N(C)c3ccc(CCC(=O)OC)cc3)c(Cl)cc1C2(C)c1ccccc1C(C)=O. The Morgan fingerprint density at radius 3 is 2.18 bits per heavy atom. The van der Waals surface area contributed by atoms with Crippen LogP contribution in [0.4, 0.5) is 17.1 Å². The summed E-state index contributed by atoms with van der Waals surface area (Å²) in [7, 11) is 3.37. The fourth-order valence-corrected chi connectivity index (χ4v) is 6.51. The average molecular weight is 611 g/mol. The molecule has 0 aliphatic carbocycles. The summed E-state index contributed by atoms with van der Waals surface area (Å²) in [4.78, 5) is 28.8. The highest BCUT2D eigenvalue weighted by Crippen LogP contribution is 2.55. The van der Waals surface area contributed by atoms with Crippen LogP contribution in [0.5, 0.6) is 11.5 Å². The second-order valence-electron chi connectivity index (χ2n) is 11.3. The number of ether oxygens (including phenoxy) is 2. The number of Topliss-reactive ketones (excluding diaryl/α,β-unsaturated/α-hetero) is 1. The molecular weight excluding hydrogens is 572 g/mol. The quantitative estimate of drug-likeness (QED) is 0.132. The minimum absolute atomic E-state index is 0.00802. The van der Waals surface area contributed by atoms with Crippen molar-refractivity contribution in [2.24, 2.45) is 0 Å². The zero-order valence-electron chi connectivity index (χ0n) is 26.2. The number of hydrogen-bond acceptors (Lipinski definition) is 6. The number of hydrogen-bond donors (Lipinski definition) is 0. The largest absolute Gasteiger partial charge is 0.469 e. The Bertz CT molecular complexity index is 1700. The maximum absolute atomic E-state index is 12.9. The molecule has 6 nitrogen and oxygen atoms in total. The molecule has 5 rings (SSSR count). The maximum Gasteiger partial charge on any atom is 0.305 e. The van der Waals surface area contributed by atoms with Crippen molar-refractivity contribution in [2.45, 2.75) is 46.0 Å². The van der Waals surface area contributed by atoms with Gasteiger partial charge in [0.1, 0.15) is 11.5 Å². The average Bonchev–Trinajstić information content (AvgIpc) is 3.04. The zero-order valence-corrected chi connectivity index (χ0v) is 27.0. The summed E-state index contributed by atoms with van der Waals surface area (Å²) < 4.78 is 11.5. The number of ketones is 1. The van der Waals surface area contributed by atoms with Gasteiger partial charge in [0.25, 0.3) is 0 Å². The standard InChI is InChI=1S/C37H39ClN2O4/c1-7-40(8-2)27-18-19-30-34(21-27)44-35-23-33(39(5)26-16-13-25(14-17-26)15-20-36(42)43-6)32(38)22-31(35)37(30,4)29-12-10-9-11-28(29)24(3)41/h9-14,16-19,21-23H,7-8,15,20H2,1-6H3. The third-order valence-corrected chi connectivity index (χ3v) is 9.12. The van der Waals surface area contributed by atoms with Crippen molar-refractivity contribution in [2.75, 3.05) is 37.0 Å². The van der Waals surface area contributed by atoms with Crippen molar-refractivity contribution >= 4 is 40.4 Å². The Morgan fingerprint density at radius 1 is 0.864 bits per heavy atom. The molecule has 0 fully saturated rings. The number of carbonyl (C=O) groups excluding carboxylic acids is 2. The molecule has 0 spiro atoms. The fraction of sp³-hybridized carbons (Fsp3) is 0.297. The van der Waals surface area contributed by atoms with Crippen LogP contribution in [0.2, 0.25) is 5.02 Å². The summed E-state index contributed by atoms with van der Waals surface area (Å²) in [5.74, 6) is 1.23. The van der Waals surface area contributed by atoms with Gasteiger partial charge in [0, 0.05) is 66.8 Å². The molecule has 0 saturated heterocycles. The molecule has 1 heterocycles. The van der Waals surface area contributed by atoms with Gasteiger partial charge in [-0.25, -0.2) is 0 Å². The summed E-state index contributed by atoms with van der Waals surface area (Å²) in [5.41, 5.74) is 6.63. The van der Waals surface area contributed by atoms with Crippen molar-refractivity contribution in [1.29, 1.82) is 0 Å². The van der Waals surface area contributed by atoms with Crippen LogP contribution in [0.15, 0.2) is 78.9 Å². The first-order valence-electron chi connectivity index (χ1n) is 15.0. The number of benzene rings is 4. The van der Waals surface area contributed by atoms with E-state index in [-0.39, 0.29) is 11.8 Å². The van der Waals surface area contributed by atoms with Gasteiger partial charge >= 0.3 is 5.97 Å². The number of rotatable bonds is 10. The lowest BCUT2D eigenvalue weighted by atomic mass is 9.67. The van der Waals surface area contributed by atoms with E-state index >= 15 is 0 Å². The summed E-state index contributed by atoms with van der Waals surface area (Å²) in [5, 5.41) is 0.569. The molecule has 0 aromatic heterocycles. The van der Waals surface area contributed by atoms with Gasteiger partial charge in [0.15, 0.2) is 5.78 Å². The number of nitrogens with zero attached hydrogens (tertiary/aromatic N) is 2. The predicted octanol–water partition coefficient (Wildman–Crippen LogP) is 8.72. The highest BCUT2D eigenvalue weighted by molar-refractivity contribution is 6.33. The number of aryl methyl sites for hydroxylation is 1. The number of esters is 1. The highest BCUT2D eigenvalue weighted by atomic mass is 35.5. The third-order valence-electron chi connectivity index (χ3n) is 8.82. The highest BCUT2D eigenvalue weighted by Gasteiger charge is 2.42. The number of anilines is 3. The first kappa shape index (κ1) is 31.1. The molecule has 0 radical (unpaired) electrons. The van der Waals surface area contributed by atoms with E-state index in [4.69, 9.17) is 21.1 Å². The van der Waals surface area contributed by atoms with Crippen LogP contribution in [0.1, 0.15) is 66.7 Å². The monoisotopic (exact) mass is 610 g/mol. The van der Waals surface area contributed by atoms with E-state index in [9.17, 15) is 9.59 Å². The van der Waals surface area contributed by atoms with Gasteiger partial charge in [0.05, 0.1) is 23.2 Å². The lowest BCUT2D eigenvalue weighted by molar-refractivity contribution is -0.140. The minimum Gasteiger partial charge on any atom is -0.469 e. The van der Waals surface area contributed by atoms with Crippen molar-refractivity contribution in [3.63, 3.8) is 0 Å². The van der Waals surface area contributed by atoms with E-state index in [2.05, 4.69) is 43.9 Å². The Kier molecular flexibility index (Phi) is 9.02. The van der Waals surface area contributed by atoms with E-state index in [0.29, 0.717) is 29.2 Å². The molecule has 1 unspecified atom stereocenters. The predicted molar refractivity (Wildman–Crippen MR) is 178 cm³/mol. The van der Waals surface area contributed by atoms with E-state index in [0.717, 1.165) is 58.2 Å². The second-order valence-corrected chi connectivity index (χ2v) is 11.7. The third kappa shape index (κ3) is 5.67. The molecule has 44 heavy (non-hydrogen) atoms. The van der Waals surface area contributed by atoms with Gasteiger partial charge < -0.3 is 19.3 Å². The lowest BCUT2D eigenvalue weighted by Gasteiger charge is -2.40. The van der Waals surface area contributed by atoms with Crippen LogP contribution in [0, 0.1) is 0 Å². The first-order valence-corrected chi connectivity index (χ1v) is 15.4. The molecule has 228 valence electrons. The van der Waals surface area contributed by atoms with Crippen LogP contribution in [-0.4, -0.2) is 39.0 Å². The van der Waals surface area contributed by atoms with Crippen molar-refractivity contribution < 1.29 is 19.1 Å². The lowest BCUT2D eigenvalue weighted by Crippen LogP contribution is -2.32. The van der Waals surface area contributed by atoms with Crippen LogP contribution < -0.4 is 14.5 Å². The van der Waals surface area contributed by atoms with Gasteiger partial charge in [-0.3, -0.25) is 9.59 Å². The summed E-state index contributed by atoms with van der Waals surface area (Å²) >= 11 is 7.06. The first-order chi connectivity index (χ1) is 21.1. The molecule has 1 aliphatic rings. The molecule has 0 amide bonds. The van der Waals surface area contributed by atoms with Crippen LogP contribution in [-0.2, 0) is 21.4 Å². The fourth-order valence-electron chi connectivity index (χ4n) is 6.22. The maximum atomic E-state index is 12.9. The molecule has 1 aliphatic heterocycles. The topological polar surface area (TPSA) is 59.1 Å². The van der Waals surface area contributed by atoms with Crippen molar-refractivity contribution in [3.05, 3.63) is 112 Å². The van der Waals surface area contributed by atoms with Gasteiger partial charge in [-0.15, -0.1) is 0 Å². The number of methoxy groups -OCH3 is 1. The van der Waals surface area contributed by atoms with Crippen LogP contribution in [0.25, 0.3) is 0 Å². The summed E-state index contributed by atoms with van der Waals surface area (Å²) in [6.45, 7) is 9.80. The van der Waals surface area contributed by atoms with Crippen molar-refractivity contribution in [3.8, 4) is 11.5 Å². The Hall–Kier alpha value is -4.29. The van der Waals surface area contributed by atoms with Crippen molar-refractivity contribution in [1.82, 2.24) is 0 Å². The van der Waals surface area contributed by atoms with E-state index in [1.54, 1.807) is 6.92 Å². The molecule has 0 saturated carbocycles. The number of halogens is 1. The van der Waals surface area contributed by atoms with Crippen LogP contribution in [0.3, 0.4) is 0 Å². The van der Waals surface area contributed by atoms with Crippen LogP contribution >= 0.6 is 11.6 Å². The molecule has 0 N–H and O–H groups in total. The van der Waals surface area contributed by atoms with E-state index in [1.165, 1.54) is 7.11 Å². The number of carbonyl (C=O) groups is 2. The van der Waals surface area contributed by atoms with Gasteiger partial charge in [-0.1, -0.05) is 54.1 Å². The summed E-state index contributed by atoms with van der Waals surface area (Å²) in [6, 6.07) is 26.2. The molecule has 1 atom stereocenters. The smallest absolute Gasteiger partial charge is 0.305 e. The Balaban J connectivity index is 1.62. The van der Waals surface area contributed by atoms with Gasteiger partial charge in [-0.2, -0.15) is 0 Å². The molecule has 0 bridgehead atoms. The second kappa shape index (κ2) is 12.7. The van der Waals surface area contributed by atoms with E-state index in [1.807, 2.05) is 72.6 Å². The zero-order chi connectivity index (χ0) is 31.6. The number of fused-ring (bicyclic) bond motifs is 2. The summed E-state index contributed by atoms with van der Waals surface area (Å²) in [6.07, 6.45) is 0.946. The van der Waals surface area contributed by atoms with E-state index < -0.39 is 5.41 Å². The molecule has 4 aromatic rings. The normalized spacial score (nSPS) is 15.1. The molecule has 4 aromatic carbocycles. The minimum atomic E-state index is -0.699. The van der Waals surface area contributed by atoms with Gasteiger partial charge in [-0.05, 0) is 69.5 Å². The molecule has 7 heteroatoms. The van der Waals surface area contributed by atoms with Gasteiger partial charge in [0.2, 0.25) is 0 Å². The Morgan fingerprint density at radius 2 is 1.52 bits per heavy atom. The molecular formula is C37H39ClN2O4.